The Morgan fingerprint density at radius 3 is 2.13 bits per heavy atom. The molecule has 7 nitrogen and oxygen atoms in total. The van der Waals surface area contributed by atoms with Crippen molar-refractivity contribution in [3.63, 3.8) is 0 Å². The summed E-state index contributed by atoms with van der Waals surface area (Å²) >= 11 is 0. The molecule has 0 aliphatic carbocycles. The molecular formula is C16H26N2O5. The average Bonchev–Trinajstić information content (AvgIpc) is 2.52. The van der Waals surface area contributed by atoms with Crippen molar-refractivity contribution < 1.29 is 23.9 Å². The Balaban J connectivity index is 3.29. The maximum atomic E-state index is 11.3. The molecule has 2 N–H and O–H groups in total. The zero-order valence-electron chi connectivity index (χ0n) is 13.6. The fraction of sp³-hybridized carbons (Fsp3) is 0.562. The first kappa shape index (κ1) is 21.0. The van der Waals surface area contributed by atoms with Crippen molar-refractivity contribution in [2.24, 2.45) is 0 Å². The third kappa shape index (κ3) is 16.2. The van der Waals surface area contributed by atoms with Crippen LogP contribution in [0.1, 0.15) is 19.8 Å². The number of allylic oxidation sites excluding steroid dienone is 2. The van der Waals surface area contributed by atoms with Crippen molar-refractivity contribution in [2.45, 2.75) is 19.8 Å². The highest BCUT2D eigenvalue weighted by atomic mass is 16.5. The number of rotatable bonds is 14. The fourth-order valence-electron chi connectivity index (χ4n) is 1.42. The first-order valence-corrected chi connectivity index (χ1v) is 7.54. The van der Waals surface area contributed by atoms with E-state index in [1.165, 1.54) is 19.1 Å². The summed E-state index contributed by atoms with van der Waals surface area (Å²) in [7, 11) is 0. The number of hydrogen-bond acceptors (Lipinski definition) is 5. The lowest BCUT2D eigenvalue weighted by atomic mass is 10.2. The van der Waals surface area contributed by atoms with E-state index in [0.29, 0.717) is 39.5 Å². The van der Waals surface area contributed by atoms with Gasteiger partial charge < -0.3 is 24.9 Å². The maximum absolute atomic E-state index is 11.3. The number of ketones is 1. The normalized spacial score (nSPS) is 10.5. The molecule has 0 rings (SSSR count). The second-order valence-corrected chi connectivity index (χ2v) is 4.66. The molecule has 0 saturated heterocycles. The zero-order chi connectivity index (χ0) is 17.3. The van der Waals surface area contributed by atoms with Crippen LogP contribution in [-0.2, 0) is 23.9 Å². The molecule has 0 spiro atoms. The van der Waals surface area contributed by atoms with Gasteiger partial charge in [0.2, 0.25) is 11.8 Å². The summed E-state index contributed by atoms with van der Waals surface area (Å²) in [6.45, 7) is 7.37. The molecule has 0 bridgehead atoms. The number of hydrogen-bond donors (Lipinski definition) is 2. The van der Waals surface area contributed by atoms with Crippen molar-refractivity contribution in [3.8, 4) is 0 Å². The molecular weight excluding hydrogens is 300 g/mol. The van der Waals surface area contributed by atoms with Crippen LogP contribution in [0.15, 0.2) is 24.8 Å². The van der Waals surface area contributed by atoms with E-state index in [-0.39, 0.29) is 30.4 Å². The Morgan fingerprint density at radius 1 is 0.957 bits per heavy atom. The van der Waals surface area contributed by atoms with Crippen LogP contribution in [0.5, 0.6) is 0 Å². The molecule has 0 atom stereocenters. The summed E-state index contributed by atoms with van der Waals surface area (Å²) in [5, 5.41) is 5.31. The second-order valence-electron chi connectivity index (χ2n) is 4.66. The van der Waals surface area contributed by atoms with Crippen molar-refractivity contribution in [1.29, 1.82) is 0 Å². The van der Waals surface area contributed by atoms with Crippen molar-refractivity contribution in [1.82, 2.24) is 10.6 Å². The highest BCUT2D eigenvalue weighted by Crippen LogP contribution is 1.89. The van der Waals surface area contributed by atoms with E-state index in [4.69, 9.17) is 9.47 Å². The largest absolute Gasteiger partial charge is 0.377 e. The van der Waals surface area contributed by atoms with Gasteiger partial charge in [0.15, 0.2) is 0 Å². The molecule has 0 saturated carbocycles. The SMILES string of the molecule is C=C/C=C/C(=O)NCCOCCOCCNC(=O)CCC(C)=O. The van der Waals surface area contributed by atoms with E-state index in [1.54, 1.807) is 6.08 Å². The summed E-state index contributed by atoms with van der Waals surface area (Å²) < 4.78 is 10.5. The van der Waals surface area contributed by atoms with E-state index in [0.717, 1.165) is 0 Å². The fourth-order valence-corrected chi connectivity index (χ4v) is 1.42. The third-order valence-electron chi connectivity index (χ3n) is 2.57. The van der Waals surface area contributed by atoms with Crippen molar-refractivity contribution >= 4 is 17.6 Å². The van der Waals surface area contributed by atoms with Crippen LogP contribution in [-0.4, -0.2) is 57.1 Å². The van der Waals surface area contributed by atoms with Crippen molar-refractivity contribution in [2.75, 3.05) is 39.5 Å². The van der Waals surface area contributed by atoms with Gasteiger partial charge in [-0.3, -0.25) is 9.59 Å². The maximum Gasteiger partial charge on any atom is 0.244 e. The number of ether oxygens (including phenoxy) is 2. The van der Waals surface area contributed by atoms with Crippen LogP contribution >= 0.6 is 0 Å². The molecule has 0 aromatic heterocycles. The smallest absolute Gasteiger partial charge is 0.244 e. The van der Waals surface area contributed by atoms with Crippen molar-refractivity contribution in [3.05, 3.63) is 24.8 Å². The standard InChI is InChI=1S/C16H26N2O5/c1-3-4-5-15(20)17-8-10-22-12-13-23-11-9-18-16(21)7-6-14(2)19/h3-5H,1,6-13H2,2H3,(H,17,20)(H,18,21)/b5-4+. The molecule has 0 aliphatic rings. The highest BCUT2D eigenvalue weighted by Gasteiger charge is 2.02. The molecule has 0 heterocycles. The van der Waals surface area contributed by atoms with Gasteiger partial charge in [-0.25, -0.2) is 0 Å². The Hall–Kier alpha value is -1.99. The molecule has 0 aliphatic heterocycles. The van der Waals surface area contributed by atoms with Gasteiger partial charge >= 0.3 is 0 Å². The Kier molecular flexibility index (Phi) is 13.6. The third-order valence-corrected chi connectivity index (χ3v) is 2.57. The number of Topliss-reactive ketones (excluding diaryl/α,β-unsaturated/α-hetero) is 1. The summed E-state index contributed by atoms with van der Waals surface area (Å²) in [5.74, 6) is -0.340. The van der Waals surface area contributed by atoms with Crippen LogP contribution in [0.3, 0.4) is 0 Å². The van der Waals surface area contributed by atoms with E-state index in [1.807, 2.05) is 0 Å². The monoisotopic (exact) mass is 326 g/mol. The van der Waals surface area contributed by atoms with Crippen LogP contribution < -0.4 is 10.6 Å². The van der Waals surface area contributed by atoms with Gasteiger partial charge in [-0.1, -0.05) is 18.7 Å². The van der Waals surface area contributed by atoms with E-state index in [9.17, 15) is 14.4 Å². The molecule has 2 amide bonds. The van der Waals surface area contributed by atoms with Crippen LogP contribution in [0, 0.1) is 0 Å². The summed E-state index contributed by atoms with van der Waals surface area (Å²) in [5.41, 5.74) is 0. The topological polar surface area (TPSA) is 93.7 Å². The van der Waals surface area contributed by atoms with Gasteiger partial charge in [0.05, 0.1) is 26.4 Å². The predicted molar refractivity (Wildman–Crippen MR) is 86.9 cm³/mol. The van der Waals surface area contributed by atoms with Crippen LogP contribution in [0.4, 0.5) is 0 Å². The van der Waals surface area contributed by atoms with Gasteiger partial charge in [0, 0.05) is 32.0 Å². The quantitative estimate of drug-likeness (QED) is 0.273. The zero-order valence-corrected chi connectivity index (χ0v) is 13.6. The highest BCUT2D eigenvalue weighted by molar-refractivity contribution is 5.87. The average molecular weight is 326 g/mol. The molecule has 0 radical (unpaired) electrons. The molecule has 130 valence electrons. The lowest BCUT2D eigenvalue weighted by Gasteiger charge is -2.07. The minimum absolute atomic E-state index is 0.00136. The van der Waals surface area contributed by atoms with Gasteiger partial charge in [-0.05, 0) is 6.92 Å². The van der Waals surface area contributed by atoms with Gasteiger partial charge in [-0.15, -0.1) is 0 Å². The minimum atomic E-state index is -0.190. The van der Waals surface area contributed by atoms with Crippen LogP contribution in [0.25, 0.3) is 0 Å². The summed E-state index contributed by atoms with van der Waals surface area (Å²) in [6.07, 6.45) is 4.95. The Morgan fingerprint density at radius 2 is 1.57 bits per heavy atom. The van der Waals surface area contributed by atoms with Crippen LogP contribution in [0.2, 0.25) is 0 Å². The van der Waals surface area contributed by atoms with Gasteiger partial charge in [-0.2, -0.15) is 0 Å². The predicted octanol–water partition coefficient (Wildman–Crippen LogP) is 0.363. The summed E-state index contributed by atoms with van der Waals surface area (Å²) in [4.78, 5) is 33.2. The first-order chi connectivity index (χ1) is 11.1. The lowest BCUT2D eigenvalue weighted by molar-refractivity contribution is -0.124. The number of carbonyl (C=O) groups excluding carboxylic acids is 3. The van der Waals surface area contributed by atoms with Gasteiger partial charge in [0.25, 0.3) is 0 Å². The molecule has 0 fully saturated rings. The minimum Gasteiger partial charge on any atom is -0.377 e. The Labute approximate surface area is 137 Å². The number of amides is 2. The summed E-state index contributed by atoms with van der Waals surface area (Å²) in [6, 6.07) is 0. The number of nitrogens with one attached hydrogen (secondary N) is 2. The molecule has 0 aromatic rings. The van der Waals surface area contributed by atoms with E-state index in [2.05, 4.69) is 17.2 Å². The van der Waals surface area contributed by atoms with E-state index < -0.39 is 0 Å². The van der Waals surface area contributed by atoms with Gasteiger partial charge in [0.1, 0.15) is 5.78 Å². The van der Waals surface area contributed by atoms with E-state index >= 15 is 0 Å². The molecule has 7 heteroatoms. The first-order valence-electron chi connectivity index (χ1n) is 7.54. The number of carbonyl (C=O) groups is 3. The molecule has 0 unspecified atom stereocenters. The lowest BCUT2D eigenvalue weighted by Crippen LogP contribution is -2.28. The molecule has 0 aromatic carbocycles. The Bertz CT molecular complexity index is 407. The second kappa shape index (κ2) is 14.9. The molecule has 23 heavy (non-hydrogen) atoms.